The fraction of sp³-hybridized carbons (Fsp3) is 0.333. The van der Waals surface area contributed by atoms with Gasteiger partial charge in [0.15, 0.2) is 0 Å². The smallest absolute Gasteiger partial charge is 0.348 e. The Hall–Kier alpha value is -2.31. The highest BCUT2D eigenvalue weighted by Crippen LogP contribution is 2.29. The summed E-state index contributed by atoms with van der Waals surface area (Å²) in [6.07, 6.45) is 0.0428. The zero-order chi connectivity index (χ0) is 16.2. The number of halogens is 3. The van der Waals surface area contributed by atoms with Crippen LogP contribution in [0.5, 0.6) is 0 Å². The van der Waals surface area contributed by atoms with Gasteiger partial charge in [0.2, 0.25) is 0 Å². The van der Waals surface area contributed by atoms with Crippen LogP contribution in [0.4, 0.5) is 13.2 Å². The maximum absolute atomic E-state index is 12.4. The lowest BCUT2D eigenvalue weighted by Gasteiger charge is -2.08. The largest absolute Gasteiger partial charge is 0.416 e. The van der Waals surface area contributed by atoms with Crippen molar-refractivity contribution in [2.24, 2.45) is 0 Å². The van der Waals surface area contributed by atoms with Crippen LogP contribution < -0.4 is 5.32 Å². The third kappa shape index (κ3) is 4.09. The van der Waals surface area contributed by atoms with E-state index in [1.807, 2.05) is 13.1 Å². The van der Waals surface area contributed by atoms with Crippen molar-refractivity contribution in [3.05, 3.63) is 53.3 Å². The van der Waals surface area contributed by atoms with E-state index in [0.717, 1.165) is 30.7 Å². The zero-order valence-corrected chi connectivity index (χ0v) is 12.0. The van der Waals surface area contributed by atoms with E-state index in [4.69, 9.17) is 0 Å². The number of alkyl halides is 3. The quantitative estimate of drug-likeness (QED) is 0.921. The van der Waals surface area contributed by atoms with Gasteiger partial charge < -0.3 is 5.32 Å². The predicted octanol–water partition coefficient (Wildman–Crippen LogP) is 3.24. The van der Waals surface area contributed by atoms with Crippen LogP contribution in [0.15, 0.2) is 36.7 Å². The molecule has 0 bridgehead atoms. The van der Waals surface area contributed by atoms with Gasteiger partial charge in [-0.15, -0.1) is 0 Å². The molecule has 0 aliphatic rings. The number of benzene rings is 1. The number of aryl methyl sites for hydroxylation is 1. The molecule has 0 spiro atoms. The fourth-order valence-electron chi connectivity index (χ4n) is 1.94. The molecule has 118 valence electrons. The van der Waals surface area contributed by atoms with Crippen molar-refractivity contribution >= 4 is 5.91 Å². The number of hydrogen-bond donors (Lipinski definition) is 1. The number of amides is 1. The molecule has 7 heteroatoms. The van der Waals surface area contributed by atoms with Gasteiger partial charge >= 0.3 is 6.18 Å². The first kappa shape index (κ1) is 16.1. The Morgan fingerprint density at radius 3 is 2.55 bits per heavy atom. The Bertz CT molecular complexity index is 632. The van der Waals surface area contributed by atoms with E-state index < -0.39 is 17.6 Å². The van der Waals surface area contributed by atoms with Crippen LogP contribution in [0, 0.1) is 0 Å². The topological polar surface area (TPSA) is 46.9 Å². The van der Waals surface area contributed by atoms with Crippen LogP contribution in [0.3, 0.4) is 0 Å². The Morgan fingerprint density at radius 1 is 1.27 bits per heavy atom. The van der Waals surface area contributed by atoms with Crippen molar-refractivity contribution in [2.75, 3.05) is 0 Å². The molecule has 2 rings (SSSR count). The number of carbonyl (C=O) groups is 1. The second-order valence-corrected chi connectivity index (χ2v) is 4.87. The molecule has 2 aromatic rings. The maximum atomic E-state index is 12.4. The Kier molecular flexibility index (Phi) is 4.85. The second-order valence-electron chi connectivity index (χ2n) is 4.87. The highest BCUT2D eigenvalue weighted by Gasteiger charge is 2.30. The molecule has 0 saturated heterocycles. The minimum atomic E-state index is -4.40. The minimum Gasteiger partial charge on any atom is -0.348 e. The summed E-state index contributed by atoms with van der Waals surface area (Å²) in [5.74, 6) is -0.419. The average Bonchev–Trinajstić information content (AvgIpc) is 2.92. The minimum absolute atomic E-state index is 0.189. The van der Waals surface area contributed by atoms with Crippen molar-refractivity contribution in [3.63, 3.8) is 0 Å². The molecule has 0 atom stereocenters. The summed E-state index contributed by atoms with van der Waals surface area (Å²) in [7, 11) is 0. The molecule has 1 aromatic carbocycles. The van der Waals surface area contributed by atoms with Crippen LogP contribution in [-0.4, -0.2) is 15.7 Å². The molecule has 1 N–H and O–H groups in total. The molecule has 4 nitrogen and oxygen atoms in total. The van der Waals surface area contributed by atoms with Crippen molar-refractivity contribution < 1.29 is 18.0 Å². The summed E-state index contributed by atoms with van der Waals surface area (Å²) in [5, 5.41) is 6.79. The molecular weight excluding hydrogens is 295 g/mol. The van der Waals surface area contributed by atoms with E-state index in [-0.39, 0.29) is 12.1 Å². The normalized spacial score (nSPS) is 11.5. The molecule has 0 aliphatic carbocycles. The van der Waals surface area contributed by atoms with E-state index >= 15 is 0 Å². The van der Waals surface area contributed by atoms with Crippen LogP contribution >= 0.6 is 0 Å². The molecule has 0 saturated carbocycles. The summed E-state index contributed by atoms with van der Waals surface area (Å²) in [6, 6.07) is 4.12. The Labute approximate surface area is 125 Å². The molecule has 22 heavy (non-hydrogen) atoms. The van der Waals surface area contributed by atoms with E-state index in [1.54, 1.807) is 10.9 Å². The van der Waals surface area contributed by atoms with E-state index in [9.17, 15) is 18.0 Å². The van der Waals surface area contributed by atoms with Gasteiger partial charge in [0, 0.05) is 30.4 Å². The standard InChI is InChI=1S/C15H16F3N3O/c1-2-7-21-10-11(9-20-21)8-19-14(22)12-3-5-13(6-4-12)15(16,17)18/h3-6,9-10H,2,7-8H2,1H3,(H,19,22). The molecule has 0 unspecified atom stereocenters. The van der Waals surface area contributed by atoms with Gasteiger partial charge in [-0.1, -0.05) is 6.92 Å². The first-order valence-corrected chi connectivity index (χ1v) is 6.87. The van der Waals surface area contributed by atoms with Gasteiger partial charge in [-0.25, -0.2) is 0 Å². The average molecular weight is 311 g/mol. The molecule has 0 fully saturated rings. The maximum Gasteiger partial charge on any atom is 0.416 e. The highest BCUT2D eigenvalue weighted by molar-refractivity contribution is 5.94. The van der Waals surface area contributed by atoms with Crippen LogP contribution in [0.2, 0.25) is 0 Å². The van der Waals surface area contributed by atoms with Crippen molar-refractivity contribution in [1.82, 2.24) is 15.1 Å². The third-order valence-electron chi connectivity index (χ3n) is 3.07. The summed E-state index contributed by atoms with van der Waals surface area (Å²) in [4.78, 5) is 11.9. The first-order valence-electron chi connectivity index (χ1n) is 6.87. The fourth-order valence-corrected chi connectivity index (χ4v) is 1.94. The monoisotopic (exact) mass is 311 g/mol. The number of carbonyl (C=O) groups excluding carboxylic acids is 1. The van der Waals surface area contributed by atoms with Gasteiger partial charge in [-0.3, -0.25) is 9.48 Å². The Morgan fingerprint density at radius 2 is 1.95 bits per heavy atom. The Balaban J connectivity index is 1.94. The first-order chi connectivity index (χ1) is 10.4. The lowest BCUT2D eigenvalue weighted by Crippen LogP contribution is -2.22. The third-order valence-corrected chi connectivity index (χ3v) is 3.07. The van der Waals surface area contributed by atoms with Gasteiger partial charge in [-0.05, 0) is 30.7 Å². The van der Waals surface area contributed by atoms with E-state index in [1.165, 1.54) is 12.1 Å². The number of aromatic nitrogens is 2. The zero-order valence-electron chi connectivity index (χ0n) is 12.0. The van der Waals surface area contributed by atoms with Gasteiger partial charge in [0.1, 0.15) is 0 Å². The highest BCUT2D eigenvalue weighted by atomic mass is 19.4. The summed E-state index contributed by atoms with van der Waals surface area (Å²) < 4.78 is 39.1. The van der Waals surface area contributed by atoms with Gasteiger partial charge in [-0.2, -0.15) is 18.3 Å². The lowest BCUT2D eigenvalue weighted by molar-refractivity contribution is -0.137. The number of nitrogens with zero attached hydrogens (tertiary/aromatic N) is 2. The molecule has 1 aromatic heterocycles. The van der Waals surface area contributed by atoms with Gasteiger partial charge in [0.25, 0.3) is 5.91 Å². The van der Waals surface area contributed by atoms with E-state index in [2.05, 4.69) is 10.4 Å². The molecule has 1 heterocycles. The van der Waals surface area contributed by atoms with Crippen LogP contribution in [-0.2, 0) is 19.3 Å². The molecule has 1 amide bonds. The van der Waals surface area contributed by atoms with Crippen molar-refractivity contribution in [1.29, 1.82) is 0 Å². The van der Waals surface area contributed by atoms with Crippen molar-refractivity contribution in [2.45, 2.75) is 32.6 Å². The number of hydrogen-bond acceptors (Lipinski definition) is 2. The van der Waals surface area contributed by atoms with Crippen LogP contribution in [0.1, 0.15) is 34.8 Å². The molecule has 0 radical (unpaired) electrons. The summed E-state index contributed by atoms with van der Waals surface area (Å²) >= 11 is 0. The summed E-state index contributed by atoms with van der Waals surface area (Å²) in [5.41, 5.74) is 0.257. The summed E-state index contributed by atoms with van der Waals surface area (Å²) in [6.45, 7) is 3.12. The predicted molar refractivity (Wildman–Crippen MR) is 75.1 cm³/mol. The molecule has 0 aliphatic heterocycles. The number of rotatable bonds is 5. The molecular formula is C15H16F3N3O. The van der Waals surface area contributed by atoms with E-state index in [0.29, 0.717) is 0 Å². The van der Waals surface area contributed by atoms with Crippen LogP contribution in [0.25, 0.3) is 0 Å². The number of nitrogens with one attached hydrogen (secondary N) is 1. The lowest BCUT2D eigenvalue weighted by atomic mass is 10.1. The SMILES string of the molecule is CCCn1cc(CNC(=O)c2ccc(C(F)(F)F)cc2)cn1. The van der Waals surface area contributed by atoms with Crippen molar-refractivity contribution in [3.8, 4) is 0 Å². The second kappa shape index (κ2) is 6.64. The van der Waals surface area contributed by atoms with Gasteiger partial charge in [0.05, 0.1) is 11.8 Å².